The Morgan fingerprint density at radius 1 is 1.20 bits per heavy atom. The van der Waals surface area contributed by atoms with Gasteiger partial charge in [0, 0.05) is 25.0 Å². The van der Waals surface area contributed by atoms with Crippen LogP contribution in [0.3, 0.4) is 0 Å². The highest BCUT2D eigenvalue weighted by atomic mass is 16.5. The summed E-state index contributed by atoms with van der Waals surface area (Å²) in [7, 11) is 1.39. The minimum atomic E-state index is -0.510. The molecule has 0 aliphatic rings. The first kappa shape index (κ1) is 21.1. The molecule has 1 unspecified atom stereocenters. The third kappa shape index (κ3) is 5.25. The number of methoxy groups -OCH3 is 1. The summed E-state index contributed by atoms with van der Waals surface area (Å²) in [5.41, 5.74) is 3.58. The molecule has 1 heterocycles. The molecule has 0 amide bonds. The van der Waals surface area contributed by atoms with Crippen LogP contribution in [0, 0.1) is 11.3 Å². The van der Waals surface area contributed by atoms with E-state index in [1.165, 1.54) is 7.11 Å². The summed E-state index contributed by atoms with van der Waals surface area (Å²) >= 11 is 0. The average molecular weight is 403 g/mol. The van der Waals surface area contributed by atoms with Gasteiger partial charge in [-0.3, -0.25) is 0 Å². The van der Waals surface area contributed by atoms with Crippen molar-refractivity contribution in [2.75, 3.05) is 19.0 Å². The maximum absolute atomic E-state index is 12.2. The van der Waals surface area contributed by atoms with E-state index in [9.17, 15) is 4.79 Å². The highest BCUT2D eigenvalue weighted by Crippen LogP contribution is 2.20. The molecular formula is C23H25N5O2. The number of anilines is 1. The van der Waals surface area contributed by atoms with E-state index >= 15 is 0 Å². The minimum Gasteiger partial charge on any atom is -0.467 e. The summed E-state index contributed by atoms with van der Waals surface area (Å²) in [4.78, 5) is 16.4. The molecule has 0 aliphatic heterocycles. The fraction of sp³-hybridized carbons (Fsp3) is 0.261. The molecule has 7 heteroatoms. The summed E-state index contributed by atoms with van der Waals surface area (Å²) in [5, 5.41) is 15.5. The maximum Gasteiger partial charge on any atom is 0.329 e. The summed E-state index contributed by atoms with van der Waals surface area (Å²) in [6.45, 7) is 3.03. The van der Waals surface area contributed by atoms with Crippen LogP contribution in [0.5, 0.6) is 0 Å². The lowest BCUT2D eigenvalue weighted by Crippen LogP contribution is -2.40. The molecular weight excluding hydrogens is 378 g/mol. The van der Waals surface area contributed by atoms with Crippen LogP contribution >= 0.6 is 0 Å². The smallest absolute Gasteiger partial charge is 0.329 e. The van der Waals surface area contributed by atoms with Crippen LogP contribution in [0.15, 0.2) is 67.1 Å². The third-order valence-electron chi connectivity index (χ3n) is 4.94. The number of para-hydroxylation sites is 1. The number of hydrogen-bond acceptors (Lipinski definition) is 6. The van der Waals surface area contributed by atoms with Gasteiger partial charge in [-0.1, -0.05) is 30.3 Å². The third-order valence-corrected chi connectivity index (χ3v) is 4.94. The second kappa shape index (κ2) is 10.2. The topological polar surface area (TPSA) is 92.0 Å². The number of imidazole rings is 1. The van der Waals surface area contributed by atoms with Gasteiger partial charge < -0.3 is 19.9 Å². The van der Waals surface area contributed by atoms with Crippen molar-refractivity contribution in [3.63, 3.8) is 0 Å². The van der Waals surface area contributed by atoms with Crippen LogP contribution in [-0.4, -0.2) is 35.2 Å². The lowest BCUT2D eigenvalue weighted by molar-refractivity contribution is -0.141. The van der Waals surface area contributed by atoms with Gasteiger partial charge in [-0.25, -0.2) is 9.78 Å². The number of hydrogen-bond donors (Lipinski definition) is 2. The fourth-order valence-electron chi connectivity index (χ4n) is 3.23. The Bertz CT molecular complexity index is 992. The fourth-order valence-corrected chi connectivity index (χ4v) is 3.23. The van der Waals surface area contributed by atoms with E-state index in [2.05, 4.69) is 33.2 Å². The SMILES string of the molecule is COC(=O)C(CNCc1cncn1[C@H](C)c1ccc(C#N)cc1)Nc1ccccc1. The number of carbonyl (C=O) groups excluding carboxylic acids is 1. The Hall–Kier alpha value is -3.63. The lowest BCUT2D eigenvalue weighted by Gasteiger charge is -2.20. The molecule has 1 aromatic heterocycles. The van der Waals surface area contributed by atoms with Crippen LogP contribution < -0.4 is 10.6 Å². The summed E-state index contributed by atoms with van der Waals surface area (Å²) < 4.78 is 7.00. The summed E-state index contributed by atoms with van der Waals surface area (Å²) in [5.74, 6) is -0.328. The van der Waals surface area contributed by atoms with E-state index in [-0.39, 0.29) is 12.0 Å². The van der Waals surface area contributed by atoms with E-state index in [1.807, 2.05) is 60.8 Å². The molecule has 0 spiro atoms. The summed E-state index contributed by atoms with van der Waals surface area (Å²) in [6, 6.07) is 18.8. The quantitative estimate of drug-likeness (QED) is 0.534. The van der Waals surface area contributed by atoms with E-state index < -0.39 is 6.04 Å². The molecule has 0 aliphatic carbocycles. The monoisotopic (exact) mass is 403 g/mol. The predicted molar refractivity (Wildman–Crippen MR) is 115 cm³/mol. The normalized spacial score (nSPS) is 12.6. The molecule has 154 valence electrons. The number of esters is 1. The van der Waals surface area contributed by atoms with Gasteiger partial charge in [-0.15, -0.1) is 0 Å². The number of aromatic nitrogens is 2. The molecule has 0 radical (unpaired) electrons. The largest absolute Gasteiger partial charge is 0.467 e. The van der Waals surface area contributed by atoms with Crippen molar-refractivity contribution in [1.82, 2.24) is 14.9 Å². The number of nitrogens with one attached hydrogen (secondary N) is 2. The first-order chi connectivity index (χ1) is 14.6. The van der Waals surface area contributed by atoms with Gasteiger partial charge >= 0.3 is 5.97 Å². The molecule has 7 nitrogen and oxygen atoms in total. The van der Waals surface area contributed by atoms with Crippen LogP contribution in [-0.2, 0) is 16.1 Å². The van der Waals surface area contributed by atoms with Crippen molar-refractivity contribution >= 4 is 11.7 Å². The molecule has 3 aromatic rings. The van der Waals surface area contributed by atoms with Gasteiger partial charge in [0.25, 0.3) is 0 Å². The van der Waals surface area contributed by atoms with Gasteiger partial charge in [0.1, 0.15) is 6.04 Å². The Kier molecular flexibility index (Phi) is 7.19. The van der Waals surface area contributed by atoms with Crippen LogP contribution in [0.1, 0.15) is 29.8 Å². The highest BCUT2D eigenvalue weighted by Gasteiger charge is 2.19. The number of benzene rings is 2. The van der Waals surface area contributed by atoms with Crippen molar-refractivity contribution in [1.29, 1.82) is 5.26 Å². The average Bonchev–Trinajstić information content (AvgIpc) is 3.26. The molecule has 2 atom stereocenters. The molecule has 30 heavy (non-hydrogen) atoms. The second-order valence-electron chi connectivity index (χ2n) is 6.92. The zero-order chi connectivity index (χ0) is 21.3. The number of rotatable bonds is 9. The molecule has 0 saturated carbocycles. The maximum atomic E-state index is 12.2. The highest BCUT2D eigenvalue weighted by molar-refractivity contribution is 5.79. The first-order valence-electron chi connectivity index (χ1n) is 9.73. The van der Waals surface area contributed by atoms with Gasteiger partial charge in [0.05, 0.1) is 36.8 Å². The van der Waals surface area contributed by atoms with Crippen LogP contribution in [0.2, 0.25) is 0 Å². The second-order valence-corrected chi connectivity index (χ2v) is 6.92. The molecule has 2 N–H and O–H groups in total. The molecule has 0 bridgehead atoms. The van der Waals surface area contributed by atoms with Crippen LogP contribution in [0.4, 0.5) is 5.69 Å². The standard InChI is InChI=1S/C23H25N5O2/c1-17(19-10-8-18(12-24)9-11-19)28-16-26-14-21(28)13-25-15-22(23(29)30-2)27-20-6-4-3-5-7-20/h3-11,14,16-17,22,25,27H,13,15H2,1-2H3/t17-,22?/m1/s1. The van der Waals surface area contributed by atoms with Gasteiger partial charge in [-0.05, 0) is 36.8 Å². The van der Waals surface area contributed by atoms with E-state index in [1.54, 1.807) is 6.33 Å². The van der Waals surface area contributed by atoms with E-state index in [4.69, 9.17) is 10.00 Å². The number of carbonyl (C=O) groups is 1. The predicted octanol–water partition coefficient (Wildman–Crippen LogP) is 3.11. The Morgan fingerprint density at radius 3 is 2.60 bits per heavy atom. The van der Waals surface area contributed by atoms with Crippen LogP contribution in [0.25, 0.3) is 0 Å². The first-order valence-corrected chi connectivity index (χ1v) is 9.73. The molecule has 0 fully saturated rings. The zero-order valence-corrected chi connectivity index (χ0v) is 17.1. The Morgan fingerprint density at radius 2 is 1.93 bits per heavy atom. The van der Waals surface area contributed by atoms with Gasteiger partial charge in [-0.2, -0.15) is 5.26 Å². The van der Waals surface area contributed by atoms with E-state index in [0.717, 1.165) is 16.9 Å². The molecule has 2 aromatic carbocycles. The van der Waals surface area contributed by atoms with Crippen molar-refractivity contribution in [3.05, 3.63) is 83.9 Å². The Labute approximate surface area is 176 Å². The minimum absolute atomic E-state index is 0.0656. The summed E-state index contributed by atoms with van der Waals surface area (Å²) in [6.07, 6.45) is 3.60. The zero-order valence-electron chi connectivity index (χ0n) is 17.1. The van der Waals surface area contributed by atoms with Gasteiger partial charge in [0.2, 0.25) is 0 Å². The van der Waals surface area contributed by atoms with Crippen molar-refractivity contribution < 1.29 is 9.53 Å². The van der Waals surface area contributed by atoms with Crippen molar-refractivity contribution in [2.24, 2.45) is 0 Å². The Balaban J connectivity index is 1.63. The lowest BCUT2D eigenvalue weighted by atomic mass is 10.1. The van der Waals surface area contributed by atoms with Crippen molar-refractivity contribution in [3.8, 4) is 6.07 Å². The number of nitriles is 1. The van der Waals surface area contributed by atoms with E-state index in [0.29, 0.717) is 18.7 Å². The number of nitrogens with zero attached hydrogens (tertiary/aromatic N) is 3. The van der Waals surface area contributed by atoms with Crippen molar-refractivity contribution in [2.45, 2.75) is 25.6 Å². The molecule has 0 saturated heterocycles. The van der Waals surface area contributed by atoms with Gasteiger partial charge in [0.15, 0.2) is 0 Å². The number of ether oxygens (including phenoxy) is 1. The molecule has 3 rings (SSSR count).